The largest absolute Gasteiger partial charge is 0.490 e. The van der Waals surface area contributed by atoms with Crippen LogP contribution < -0.4 is 54.0 Å². The number of amides is 9. The van der Waals surface area contributed by atoms with Gasteiger partial charge in [-0.25, -0.2) is 9.59 Å². The minimum atomic E-state index is -5.08. The molecule has 29 nitrogen and oxygen atoms in total. The zero-order chi connectivity index (χ0) is 68.9. The number of rotatable bonds is 30. The zero-order valence-corrected chi connectivity index (χ0v) is 52.3. The lowest BCUT2D eigenvalue weighted by molar-refractivity contribution is -0.193. The number of nitrogens with zero attached hydrogens (tertiary/aromatic N) is 2. The summed E-state index contributed by atoms with van der Waals surface area (Å²) in [5.74, 6) is -12.3. The number of carbonyl (C=O) groups excluding carboxylic acids is 9. The summed E-state index contributed by atoms with van der Waals surface area (Å²) in [5, 5.41) is 45.3. The molecule has 90 heavy (non-hydrogen) atoms. The summed E-state index contributed by atoms with van der Waals surface area (Å²) >= 11 is 2.68. The van der Waals surface area contributed by atoms with Crippen LogP contribution in [0.5, 0.6) is 0 Å². The predicted molar refractivity (Wildman–Crippen MR) is 317 cm³/mol. The molecule has 0 aliphatic carbocycles. The van der Waals surface area contributed by atoms with Crippen LogP contribution in [0.15, 0.2) is 23.2 Å². The molecule has 3 unspecified atom stereocenters. The second kappa shape index (κ2) is 43.1. The minimum Gasteiger partial charge on any atom is -0.481 e. The Labute approximate surface area is 523 Å². The van der Waals surface area contributed by atoms with Crippen molar-refractivity contribution in [3.8, 4) is 0 Å². The summed E-state index contributed by atoms with van der Waals surface area (Å²) < 4.78 is 74.4. The average molecular weight is 1340 g/mol. The first-order chi connectivity index (χ1) is 41.9. The molecular weight excluding hydrogens is 1250 g/mol. The van der Waals surface area contributed by atoms with Crippen molar-refractivity contribution >= 4 is 106 Å². The van der Waals surface area contributed by atoms with Crippen molar-refractivity contribution in [2.75, 3.05) is 63.3 Å². The number of nitrogens with one attached hydrogen (secondary N) is 8. The second-order valence-electron chi connectivity index (χ2n) is 19.8. The number of anilines is 1. The number of hydrogen-bond donors (Lipinski definition) is 13. The number of fused-ring (bicyclic) bond motifs is 2. The van der Waals surface area contributed by atoms with Crippen LogP contribution in [0.2, 0.25) is 0 Å². The topological polar surface area (TPSA) is 448 Å². The van der Waals surface area contributed by atoms with Gasteiger partial charge < -0.3 is 83.7 Å². The summed E-state index contributed by atoms with van der Waals surface area (Å²) in [5.41, 5.74) is 11.0. The normalized spacial score (nSPS) is 16.8. The first-order valence-electron chi connectivity index (χ1n) is 27.9. The molecule has 2 rings (SSSR count). The molecule has 1 aliphatic rings. The molecule has 1 heterocycles. The first kappa shape index (κ1) is 82.3. The van der Waals surface area contributed by atoms with Gasteiger partial charge in [0.1, 0.15) is 29.0 Å². The summed E-state index contributed by atoms with van der Waals surface area (Å²) in [4.78, 5) is 154. The van der Waals surface area contributed by atoms with Crippen molar-refractivity contribution in [3.63, 3.8) is 0 Å². The summed E-state index contributed by atoms with van der Waals surface area (Å²) in [6.07, 6.45) is -8.77. The third-order valence-corrected chi connectivity index (χ3v) is 14.0. The Kier molecular flexibility index (Phi) is 39.4. The number of guanidine groups is 1. The molecule has 1 aromatic rings. The number of halogens is 6. The van der Waals surface area contributed by atoms with Gasteiger partial charge in [-0.1, -0.05) is 20.3 Å². The molecule has 0 radical (unpaired) electrons. The van der Waals surface area contributed by atoms with Gasteiger partial charge in [0.25, 0.3) is 5.91 Å². The molecule has 510 valence electrons. The van der Waals surface area contributed by atoms with Crippen molar-refractivity contribution in [2.45, 2.75) is 153 Å². The van der Waals surface area contributed by atoms with Crippen molar-refractivity contribution in [1.29, 1.82) is 0 Å². The highest BCUT2D eigenvalue weighted by Crippen LogP contribution is 2.20. The first-order valence-corrected chi connectivity index (χ1v) is 30.0. The molecule has 0 saturated heterocycles. The van der Waals surface area contributed by atoms with Crippen molar-refractivity contribution < 1.29 is 109 Å². The van der Waals surface area contributed by atoms with E-state index in [1.165, 1.54) is 48.8 Å². The Bertz CT molecular complexity index is 2560. The highest BCUT2D eigenvalue weighted by Gasteiger charge is 2.39. The number of aliphatic imine (C=N–C) groups is 1. The number of carboxylic acid groups (broad SMARTS) is 3. The maximum atomic E-state index is 14.1. The number of thioether (sulfide) groups is 2. The fourth-order valence-electron chi connectivity index (χ4n) is 7.50. The van der Waals surface area contributed by atoms with E-state index in [-0.39, 0.29) is 109 Å². The number of aliphatic carboxylic acids is 3. The van der Waals surface area contributed by atoms with Gasteiger partial charge in [-0.05, 0) is 89.5 Å². The molecule has 0 aromatic heterocycles. The molecular formula is C53H82F6N12O17S2. The van der Waals surface area contributed by atoms with Crippen LogP contribution in [0, 0.1) is 5.92 Å². The average Bonchev–Trinajstić information content (AvgIpc) is 1.68. The molecule has 0 spiro atoms. The zero-order valence-electron chi connectivity index (χ0n) is 50.7. The lowest BCUT2D eigenvalue weighted by Crippen LogP contribution is -2.57. The molecule has 1 aliphatic heterocycles. The van der Waals surface area contributed by atoms with Crippen LogP contribution in [0.4, 0.5) is 32.0 Å². The van der Waals surface area contributed by atoms with E-state index >= 15 is 0 Å². The number of unbranched alkanes of at least 4 members (excludes halogenated alkanes) is 2. The van der Waals surface area contributed by atoms with Crippen LogP contribution in [0.25, 0.3) is 0 Å². The van der Waals surface area contributed by atoms with Crippen LogP contribution in [-0.2, 0) is 68.8 Å². The van der Waals surface area contributed by atoms with Crippen molar-refractivity contribution in [2.24, 2.45) is 22.4 Å². The van der Waals surface area contributed by atoms with E-state index in [0.717, 1.165) is 4.90 Å². The lowest BCUT2D eigenvalue weighted by Gasteiger charge is -2.32. The van der Waals surface area contributed by atoms with Crippen molar-refractivity contribution in [3.05, 3.63) is 29.3 Å². The maximum absolute atomic E-state index is 14.1. The van der Waals surface area contributed by atoms with Crippen LogP contribution in [0.1, 0.15) is 115 Å². The van der Waals surface area contributed by atoms with E-state index in [2.05, 4.69) is 47.5 Å². The van der Waals surface area contributed by atoms with Crippen molar-refractivity contribution in [1.82, 2.24) is 42.1 Å². The molecule has 2 bridgehead atoms. The van der Waals surface area contributed by atoms with E-state index in [1.807, 2.05) is 27.7 Å². The van der Waals surface area contributed by atoms with Crippen LogP contribution in [-0.4, -0.2) is 203 Å². The lowest BCUT2D eigenvalue weighted by atomic mass is 9.99. The Morgan fingerprint density at radius 1 is 0.733 bits per heavy atom. The SMILES string of the molecule is CCOC(C)SCC(=O)NCC(CCC(=O)NCCCCCC(=O)Nc1cc2cc(c1)C(=O)N[C@H](C(C)C)C(=O)N(C)[C@@H](CCCN=C(N)N)C(=O)NCC(=O)N[C@@H](CC(=O)O)C(=O)NC2)NC(=O)CSC(C)OCC.O=C(O)C(F)(F)F.O=C(O)C(F)(F)F. The summed E-state index contributed by atoms with van der Waals surface area (Å²) in [7, 11) is 1.37. The van der Waals surface area contributed by atoms with Crippen LogP contribution in [0.3, 0.4) is 0 Å². The third kappa shape index (κ3) is 37.4. The Balaban J connectivity index is 0.00000502. The Morgan fingerprint density at radius 2 is 1.30 bits per heavy atom. The number of benzene rings is 1. The highest BCUT2D eigenvalue weighted by atomic mass is 32.2. The number of nitrogens with two attached hydrogens (primary N) is 2. The Hall–Kier alpha value is -7.67. The van der Waals surface area contributed by atoms with Gasteiger partial charge in [-0.2, -0.15) is 26.3 Å². The molecule has 15 N–H and O–H groups in total. The van der Waals surface area contributed by atoms with Gasteiger partial charge in [0.2, 0.25) is 47.3 Å². The standard InChI is InChI=1S/C49H80N12O13S2.2C2HF3O2/c1-8-73-30(5)75-27-41(65)54-25-34(57-42(66)28-76-31(6)74-9-2)16-17-38(62)52-18-12-10-11-15-39(63)58-35-21-32-20-33(22-35)45(69)60-44(29(3)4)48(72)61(7)37(14-13-19-53-49(50)51)47(71)56-26-40(64)59-36(23-43(67)68)46(70)55-24-32;2*3-2(4,5)1(6)7/h20-22,29-31,34,36-37,44H,8-19,23-28H2,1-7H3,(H,52,62)(H,54,65)(H,55,70)(H,56,71)(H,57,66)(H,58,63)(H,59,64)(H,60,69)(H,67,68)(H4,50,51,53);2*(H,6,7)/t30?,31?,34?,36-,37-,44+;;/m0../s1. The monoisotopic (exact) mass is 1340 g/mol. The number of likely N-dealkylation sites (N-methyl/N-ethyl adjacent to an activating group) is 1. The van der Waals surface area contributed by atoms with E-state index in [9.17, 15) is 79.4 Å². The van der Waals surface area contributed by atoms with E-state index in [0.29, 0.717) is 44.6 Å². The molecule has 9 amide bonds. The highest BCUT2D eigenvalue weighted by molar-refractivity contribution is 8.00. The third-order valence-electron chi connectivity index (χ3n) is 11.9. The van der Waals surface area contributed by atoms with Gasteiger partial charge in [0, 0.05) is 76.6 Å². The molecule has 0 fully saturated rings. The summed E-state index contributed by atoms with van der Waals surface area (Å²) in [6, 6.07) is -0.0993. The molecule has 37 heteroatoms. The fourth-order valence-corrected chi connectivity index (χ4v) is 8.92. The predicted octanol–water partition coefficient (Wildman–Crippen LogP) is 1.52. The maximum Gasteiger partial charge on any atom is 0.490 e. The number of hydrogen-bond acceptors (Lipinski definition) is 17. The van der Waals surface area contributed by atoms with E-state index in [1.54, 1.807) is 13.8 Å². The molecule has 6 atom stereocenters. The number of alkyl halides is 6. The number of carbonyl (C=O) groups is 12. The summed E-state index contributed by atoms with van der Waals surface area (Å²) in [6.45, 7) is 11.5. The Morgan fingerprint density at radius 3 is 1.83 bits per heavy atom. The van der Waals surface area contributed by atoms with Gasteiger partial charge in [0.05, 0.1) is 24.5 Å². The smallest absolute Gasteiger partial charge is 0.481 e. The molecule has 1 aromatic carbocycles. The van der Waals surface area contributed by atoms with Gasteiger partial charge in [-0.15, -0.1) is 23.5 Å². The van der Waals surface area contributed by atoms with Crippen LogP contribution >= 0.6 is 23.5 Å². The number of ether oxygens (including phenoxy) is 2. The fraction of sp³-hybridized carbons (Fsp3) is 0.642. The number of carboxylic acids is 3. The second-order valence-corrected chi connectivity index (χ2v) is 22.3. The van der Waals surface area contributed by atoms with Gasteiger partial charge in [0.15, 0.2) is 5.96 Å². The minimum absolute atomic E-state index is 0.00589. The quantitative estimate of drug-likeness (QED) is 0.0171. The van der Waals surface area contributed by atoms with Gasteiger partial charge in [-0.3, -0.25) is 52.9 Å². The van der Waals surface area contributed by atoms with Gasteiger partial charge >= 0.3 is 30.3 Å². The molecule has 0 saturated carbocycles. The van der Waals surface area contributed by atoms with E-state index < -0.39 is 109 Å². The van der Waals surface area contributed by atoms with E-state index in [4.69, 9.17) is 40.7 Å².